The average Bonchev–Trinajstić information content (AvgIpc) is 3.10. The second-order valence-corrected chi connectivity index (χ2v) is 7.16. The monoisotopic (exact) mass is 508 g/mol. The first-order valence-corrected chi connectivity index (χ1v) is 10.1. The maximum Gasteiger partial charge on any atom is 0.191 e. The molecule has 0 radical (unpaired) electrons. The molecule has 0 spiro atoms. The summed E-state index contributed by atoms with van der Waals surface area (Å²) in [5.74, 6) is 1.48. The predicted molar refractivity (Wildman–Crippen MR) is 127 cm³/mol. The van der Waals surface area contributed by atoms with E-state index in [4.69, 9.17) is 21.3 Å². The van der Waals surface area contributed by atoms with E-state index in [0.717, 1.165) is 63.3 Å². The zero-order chi connectivity index (χ0) is 18.8. The molecule has 1 aromatic carbocycles. The molecule has 1 saturated heterocycles. The molecule has 0 saturated carbocycles. The van der Waals surface area contributed by atoms with Crippen molar-refractivity contribution in [2.24, 2.45) is 10.9 Å². The van der Waals surface area contributed by atoms with E-state index in [-0.39, 0.29) is 24.0 Å². The number of nitrogens with zero attached hydrogens (tertiary/aromatic N) is 2. The van der Waals surface area contributed by atoms with Gasteiger partial charge in [0.15, 0.2) is 5.96 Å². The molecule has 1 heterocycles. The molecule has 2 N–H and O–H groups in total. The first-order valence-electron chi connectivity index (χ1n) is 9.75. The number of benzene rings is 1. The molecule has 154 valence electrons. The van der Waals surface area contributed by atoms with E-state index in [9.17, 15) is 0 Å². The number of ether oxygens (including phenoxy) is 1. The number of guanidine groups is 1. The Balaban J connectivity index is 0.00000364. The highest BCUT2D eigenvalue weighted by molar-refractivity contribution is 14.0. The number of nitrogens with one attached hydrogen (secondary N) is 2. The standard InChI is InChI=1S/C20H33ClN4O.HI/c1-4-22-20(23-10-6-12-26-5-2)24-14-17-9-11-25(15-17)19-13-18(21)8-7-16(19)3;/h7-8,13,17H,4-6,9-12,14-15H2,1-3H3,(H2,22,23,24);1H. The minimum Gasteiger partial charge on any atom is -0.382 e. The summed E-state index contributed by atoms with van der Waals surface area (Å²) in [5.41, 5.74) is 2.53. The highest BCUT2D eigenvalue weighted by atomic mass is 127. The van der Waals surface area contributed by atoms with Crippen LogP contribution in [-0.4, -0.2) is 51.9 Å². The zero-order valence-corrected chi connectivity index (χ0v) is 19.8. The second kappa shape index (κ2) is 13.4. The maximum atomic E-state index is 6.18. The molecule has 0 aromatic heterocycles. The van der Waals surface area contributed by atoms with Gasteiger partial charge >= 0.3 is 0 Å². The van der Waals surface area contributed by atoms with Crippen LogP contribution in [0.3, 0.4) is 0 Å². The van der Waals surface area contributed by atoms with Crippen LogP contribution >= 0.6 is 35.6 Å². The highest BCUT2D eigenvalue weighted by Gasteiger charge is 2.23. The van der Waals surface area contributed by atoms with E-state index in [2.05, 4.69) is 41.5 Å². The number of rotatable bonds is 9. The van der Waals surface area contributed by atoms with Crippen molar-refractivity contribution in [1.82, 2.24) is 10.6 Å². The van der Waals surface area contributed by atoms with Crippen LogP contribution in [0.5, 0.6) is 0 Å². The van der Waals surface area contributed by atoms with E-state index in [0.29, 0.717) is 5.92 Å². The summed E-state index contributed by atoms with van der Waals surface area (Å²) in [5, 5.41) is 7.52. The Morgan fingerprint density at radius 1 is 1.33 bits per heavy atom. The van der Waals surface area contributed by atoms with Crippen molar-refractivity contribution in [3.63, 3.8) is 0 Å². The SMILES string of the molecule is CCNC(=NCC1CCN(c2cc(Cl)ccc2C)C1)NCCCOCC.I. The third-order valence-corrected chi connectivity index (χ3v) is 4.85. The fourth-order valence-electron chi connectivity index (χ4n) is 3.21. The van der Waals surface area contributed by atoms with Crippen LogP contribution in [-0.2, 0) is 4.74 Å². The summed E-state index contributed by atoms with van der Waals surface area (Å²) in [6, 6.07) is 6.13. The molecule has 5 nitrogen and oxygen atoms in total. The van der Waals surface area contributed by atoms with Gasteiger partial charge in [0.2, 0.25) is 0 Å². The van der Waals surface area contributed by atoms with Gasteiger partial charge in [-0.05, 0) is 57.2 Å². The predicted octanol–water partition coefficient (Wildman–Crippen LogP) is 4.07. The van der Waals surface area contributed by atoms with Crippen LogP contribution in [0.2, 0.25) is 5.02 Å². The third kappa shape index (κ3) is 8.44. The number of halogens is 2. The van der Waals surface area contributed by atoms with Gasteiger partial charge in [0.05, 0.1) is 0 Å². The highest BCUT2D eigenvalue weighted by Crippen LogP contribution is 2.29. The van der Waals surface area contributed by atoms with Gasteiger partial charge in [0.25, 0.3) is 0 Å². The summed E-state index contributed by atoms with van der Waals surface area (Å²) in [6.45, 7) is 12.5. The number of anilines is 1. The molecule has 0 amide bonds. The number of aryl methyl sites for hydroxylation is 1. The van der Waals surface area contributed by atoms with Crippen molar-refractivity contribution in [2.45, 2.75) is 33.6 Å². The lowest BCUT2D eigenvalue weighted by atomic mass is 10.1. The fraction of sp³-hybridized carbons (Fsp3) is 0.650. The largest absolute Gasteiger partial charge is 0.382 e. The van der Waals surface area contributed by atoms with Crippen LogP contribution in [0.1, 0.15) is 32.3 Å². The molecule has 1 aliphatic heterocycles. The molecule has 0 bridgehead atoms. The van der Waals surface area contributed by atoms with Crippen molar-refractivity contribution < 1.29 is 4.74 Å². The molecule has 1 aromatic rings. The molecule has 7 heteroatoms. The lowest BCUT2D eigenvalue weighted by Gasteiger charge is -2.21. The van der Waals surface area contributed by atoms with E-state index in [1.54, 1.807) is 0 Å². The minimum absolute atomic E-state index is 0. The van der Waals surface area contributed by atoms with Crippen molar-refractivity contribution in [2.75, 3.05) is 50.8 Å². The third-order valence-electron chi connectivity index (χ3n) is 4.61. The van der Waals surface area contributed by atoms with Gasteiger partial charge in [0.1, 0.15) is 0 Å². The molecule has 0 aliphatic carbocycles. The molecule has 2 rings (SSSR count). The normalized spacial score (nSPS) is 17.0. The fourth-order valence-corrected chi connectivity index (χ4v) is 3.38. The molecule has 1 aliphatic rings. The molecule has 27 heavy (non-hydrogen) atoms. The van der Waals surface area contributed by atoms with Crippen LogP contribution in [0.4, 0.5) is 5.69 Å². The lowest BCUT2D eigenvalue weighted by Crippen LogP contribution is -2.38. The Hall–Kier alpha value is -0.730. The Morgan fingerprint density at radius 3 is 2.89 bits per heavy atom. The Labute approximate surface area is 186 Å². The number of hydrogen-bond donors (Lipinski definition) is 2. The summed E-state index contributed by atoms with van der Waals surface area (Å²) in [7, 11) is 0. The topological polar surface area (TPSA) is 48.9 Å². The van der Waals surface area contributed by atoms with Gasteiger partial charge in [0, 0.05) is 56.6 Å². The quantitative estimate of drug-likeness (QED) is 0.228. The van der Waals surface area contributed by atoms with Crippen LogP contribution in [0.15, 0.2) is 23.2 Å². The van der Waals surface area contributed by atoms with Crippen LogP contribution < -0.4 is 15.5 Å². The van der Waals surface area contributed by atoms with Gasteiger partial charge < -0.3 is 20.3 Å². The summed E-state index contributed by atoms with van der Waals surface area (Å²) in [6.07, 6.45) is 2.16. The molecular formula is C20H34ClIN4O. The maximum absolute atomic E-state index is 6.18. The van der Waals surface area contributed by atoms with Crippen molar-refractivity contribution in [3.8, 4) is 0 Å². The Kier molecular flexibility index (Phi) is 12.1. The summed E-state index contributed by atoms with van der Waals surface area (Å²) < 4.78 is 5.37. The smallest absolute Gasteiger partial charge is 0.191 e. The van der Waals surface area contributed by atoms with Crippen molar-refractivity contribution >= 4 is 47.2 Å². The van der Waals surface area contributed by atoms with E-state index >= 15 is 0 Å². The molecule has 1 atom stereocenters. The minimum atomic E-state index is 0. The molecule has 1 unspecified atom stereocenters. The van der Waals surface area contributed by atoms with E-state index in [1.807, 2.05) is 13.0 Å². The Bertz CT molecular complexity index is 585. The average molecular weight is 509 g/mol. The van der Waals surface area contributed by atoms with Gasteiger partial charge in [-0.15, -0.1) is 24.0 Å². The lowest BCUT2D eigenvalue weighted by molar-refractivity contribution is 0.145. The van der Waals surface area contributed by atoms with Crippen molar-refractivity contribution in [1.29, 1.82) is 0 Å². The number of hydrogen-bond acceptors (Lipinski definition) is 3. The number of aliphatic imine (C=N–C) groups is 1. The van der Waals surface area contributed by atoms with Crippen LogP contribution in [0.25, 0.3) is 0 Å². The first-order chi connectivity index (χ1) is 12.6. The van der Waals surface area contributed by atoms with E-state index in [1.165, 1.54) is 17.7 Å². The first kappa shape index (κ1) is 24.3. The Morgan fingerprint density at radius 2 is 2.15 bits per heavy atom. The molecular weight excluding hydrogens is 475 g/mol. The zero-order valence-electron chi connectivity index (χ0n) is 16.8. The van der Waals surface area contributed by atoms with Crippen molar-refractivity contribution in [3.05, 3.63) is 28.8 Å². The van der Waals surface area contributed by atoms with Gasteiger partial charge in [-0.2, -0.15) is 0 Å². The van der Waals surface area contributed by atoms with E-state index < -0.39 is 0 Å². The molecule has 1 fully saturated rings. The van der Waals surface area contributed by atoms with Gasteiger partial charge in [-0.3, -0.25) is 4.99 Å². The second-order valence-electron chi connectivity index (χ2n) is 6.73. The summed E-state index contributed by atoms with van der Waals surface area (Å²) in [4.78, 5) is 7.22. The summed E-state index contributed by atoms with van der Waals surface area (Å²) >= 11 is 6.18. The van der Waals surface area contributed by atoms with Gasteiger partial charge in [-0.1, -0.05) is 17.7 Å². The van der Waals surface area contributed by atoms with Crippen LogP contribution in [0, 0.1) is 12.8 Å². The van der Waals surface area contributed by atoms with Gasteiger partial charge in [-0.25, -0.2) is 0 Å².